The van der Waals surface area contributed by atoms with E-state index in [4.69, 9.17) is 0 Å². The number of halogens is 1. The molecular formula is C19H23ClN4. The van der Waals surface area contributed by atoms with Crippen molar-refractivity contribution < 1.29 is 17.1 Å². The molecule has 0 spiro atoms. The van der Waals surface area contributed by atoms with E-state index in [1.165, 1.54) is 33.4 Å². The van der Waals surface area contributed by atoms with Crippen molar-refractivity contribution in [3.8, 4) is 11.4 Å². The summed E-state index contributed by atoms with van der Waals surface area (Å²) in [5.41, 5.74) is 9.45. The van der Waals surface area contributed by atoms with Gasteiger partial charge in [-0.3, -0.25) is 0 Å². The van der Waals surface area contributed by atoms with Gasteiger partial charge in [-0.05, 0) is 63.8 Å². The Hall–Kier alpha value is -2.20. The molecule has 2 aromatic carbocycles. The summed E-state index contributed by atoms with van der Waals surface area (Å²) in [7, 11) is 0. The van der Waals surface area contributed by atoms with Crippen molar-refractivity contribution in [2.75, 3.05) is 0 Å². The van der Waals surface area contributed by atoms with Crippen molar-refractivity contribution in [2.45, 2.75) is 41.5 Å². The van der Waals surface area contributed by atoms with E-state index < -0.39 is 0 Å². The summed E-state index contributed by atoms with van der Waals surface area (Å²) in [4.78, 5) is 1.73. The number of hydrogen-bond acceptors (Lipinski definition) is 2. The number of benzene rings is 2. The van der Waals surface area contributed by atoms with Crippen LogP contribution in [0.25, 0.3) is 11.4 Å². The van der Waals surface area contributed by atoms with Gasteiger partial charge in [0.25, 0.3) is 6.33 Å². The fourth-order valence-electron chi connectivity index (χ4n) is 3.46. The van der Waals surface area contributed by atoms with E-state index in [-0.39, 0.29) is 12.4 Å². The lowest BCUT2D eigenvalue weighted by molar-refractivity contribution is -0.662. The summed E-state index contributed by atoms with van der Waals surface area (Å²) in [5.74, 6) is 0. The smallest absolute Gasteiger partial charge is 0.292 e. The topological polar surface area (TPSA) is 34.6 Å². The van der Waals surface area contributed by atoms with Gasteiger partial charge in [-0.25, -0.2) is 0 Å². The fraction of sp³-hybridized carbons (Fsp3) is 0.316. The van der Waals surface area contributed by atoms with Crippen LogP contribution in [-0.4, -0.2) is 15.1 Å². The molecule has 126 valence electrons. The lowest BCUT2D eigenvalue weighted by Crippen LogP contribution is -3.00. The SMILES string of the molecule is Cc1cc(C)c(-n2nc[n+](-c3c(C)cc(C)cc3C)n2)c(C)c1.[Cl-]. The van der Waals surface area contributed by atoms with E-state index in [2.05, 4.69) is 76.1 Å². The first kappa shape index (κ1) is 18.1. The molecule has 24 heavy (non-hydrogen) atoms. The fourth-order valence-corrected chi connectivity index (χ4v) is 3.46. The van der Waals surface area contributed by atoms with Gasteiger partial charge in [0.2, 0.25) is 0 Å². The van der Waals surface area contributed by atoms with Gasteiger partial charge in [-0.15, -0.1) is 4.68 Å². The molecule has 0 unspecified atom stereocenters. The number of nitrogens with zero attached hydrogens (tertiary/aromatic N) is 4. The van der Waals surface area contributed by atoms with Crippen molar-refractivity contribution in [1.29, 1.82) is 0 Å². The van der Waals surface area contributed by atoms with Gasteiger partial charge < -0.3 is 12.4 Å². The number of aromatic nitrogens is 4. The normalized spacial score (nSPS) is 10.6. The molecule has 0 radical (unpaired) electrons. The summed E-state index contributed by atoms with van der Waals surface area (Å²) in [6.45, 7) is 12.7. The van der Waals surface area contributed by atoms with Gasteiger partial charge in [-0.2, -0.15) is 0 Å². The monoisotopic (exact) mass is 342 g/mol. The lowest BCUT2D eigenvalue weighted by atomic mass is 10.1. The van der Waals surface area contributed by atoms with E-state index in [9.17, 15) is 0 Å². The zero-order chi connectivity index (χ0) is 16.7. The third kappa shape index (κ3) is 3.20. The molecule has 0 saturated carbocycles. The standard InChI is InChI=1S/C19H23N4.ClH/c1-12-7-14(3)18(15(4)8-12)22-11-20-23(21-22)19-16(5)9-13(2)10-17(19)6;/h7-11H,1-6H3;1H/q+1;/p-1. The second kappa shape index (κ2) is 6.73. The molecule has 3 aromatic rings. The van der Waals surface area contributed by atoms with Gasteiger partial charge in [0, 0.05) is 4.80 Å². The van der Waals surface area contributed by atoms with Gasteiger partial charge >= 0.3 is 0 Å². The molecular weight excluding hydrogens is 320 g/mol. The number of rotatable bonds is 2. The van der Waals surface area contributed by atoms with Gasteiger partial charge in [0.1, 0.15) is 5.69 Å². The molecule has 0 bridgehead atoms. The highest BCUT2D eigenvalue weighted by molar-refractivity contribution is 5.47. The van der Waals surface area contributed by atoms with E-state index in [0.29, 0.717) is 0 Å². The van der Waals surface area contributed by atoms with Crippen LogP contribution in [0.1, 0.15) is 33.4 Å². The maximum Gasteiger partial charge on any atom is 0.292 e. The quantitative estimate of drug-likeness (QED) is 0.632. The Morgan fingerprint density at radius 1 is 0.750 bits per heavy atom. The van der Waals surface area contributed by atoms with Crippen LogP contribution in [0.15, 0.2) is 30.6 Å². The summed E-state index contributed by atoms with van der Waals surface area (Å²) in [6.07, 6.45) is 1.78. The first-order valence-electron chi connectivity index (χ1n) is 7.87. The van der Waals surface area contributed by atoms with Crippen LogP contribution >= 0.6 is 0 Å². The Labute approximate surface area is 149 Å². The molecule has 0 aliphatic heterocycles. The van der Waals surface area contributed by atoms with Crippen molar-refractivity contribution in [2.24, 2.45) is 0 Å². The Morgan fingerprint density at radius 2 is 1.21 bits per heavy atom. The largest absolute Gasteiger partial charge is 1.00 e. The number of aryl methyl sites for hydroxylation is 6. The van der Waals surface area contributed by atoms with Crippen LogP contribution in [0.3, 0.4) is 0 Å². The van der Waals surface area contributed by atoms with Crippen molar-refractivity contribution in [3.63, 3.8) is 0 Å². The first-order chi connectivity index (χ1) is 10.9. The Balaban J connectivity index is 0.00000208. The van der Waals surface area contributed by atoms with Crippen LogP contribution in [0.5, 0.6) is 0 Å². The number of hydrogen-bond donors (Lipinski definition) is 0. The van der Waals surface area contributed by atoms with Gasteiger partial charge in [0.05, 0.1) is 10.3 Å². The molecule has 5 heteroatoms. The third-order valence-corrected chi connectivity index (χ3v) is 4.15. The van der Waals surface area contributed by atoms with Crippen LogP contribution < -0.4 is 17.1 Å². The molecule has 0 aliphatic carbocycles. The van der Waals surface area contributed by atoms with Crippen LogP contribution in [0.2, 0.25) is 0 Å². The Kier molecular flexibility index (Phi) is 5.09. The predicted octanol–water partition coefficient (Wildman–Crippen LogP) is 0.399. The van der Waals surface area contributed by atoms with Crippen molar-refractivity contribution >= 4 is 0 Å². The molecule has 1 aromatic heterocycles. The average molecular weight is 343 g/mol. The Bertz CT molecular complexity index is 778. The summed E-state index contributed by atoms with van der Waals surface area (Å²) in [5, 5.41) is 9.16. The highest BCUT2D eigenvalue weighted by atomic mass is 35.5. The summed E-state index contributed by atoms with van der Waals surface area (Å²) in [6, 6.07) is 8.68. The molecule has 0 atom stereocenters. The van der Waals surface area contributed by atoms with E-state index in [1.54, 1.807) is 11.1 Å². The minimum absolute atomic E-state index is 0. The van der Waals surface area contributed by atoms with Gasteiger partial charge in [-0.1, -0.05) is 35.4 Å². The summed E-state index contributed by atoms with van der Waals surface area (Å²) >= 11 is 0. The van der Waals surface area contributed by atoms with Crippen LogP contribution in [0, 0.1) is 41.5 Å². The average Bonchev–Trinajstić information content (AvgIpc) is 2.85. The lowest BCUT2D eigenvalue weighted by Gasteiger charge is -2.06. The minimum Gasteiger partial charge on any atom is -1.00 e. The van der Waals surface area contributed by atoms with E-state index in [1.807, 2.05) is 4.68 Å². The molecule has 4 nitrogen and oxygen atoms in total. The van der Waals surface area contributed by atoms with Crippen LogP contribution in [0.4, 0.5) is 0 Å². The number of tetrazole rings is 1. The highest BCUT2D eigenvalue weighted by Crippen LogP contribution is 2.19. The Morgan fingerprint density at radius 3 is 1.71 bits per heavy atom. The zero-order valence-electron chi connectivity index (χ0n) is 15.1. The van der Waals surface area contributed by atoms with E-state index in [0.717, 1.165) is 11.4 Å². The van der Waals surface area contributed by atoms with Crippen LogP contribution in [-0.2, 0) is 0 Å². The molecule has 0 amide bonds. The molecule has 1 heterocycles. The zero-order valence-corrected chi connectivity index (χ0v) is 15.8. The molecule has 0 N–H and O–H groups in total. The van der Waals surface area contributed by atoms with E-state index >= 15 is 0 Å². The van der Waals surface area contributed by atoms with Gasteiger partial charge in [0.15, 0.2) is 5.69 Å². The maximum absolute atomic E-state index is 4.68. The first-order valence-corrected chi connectivity index (χ1v) is 7.87. The van der Waals surface area contributed by atoms with Crippen molar-refractivity contribution in [3.05, 3.63) is 64.0 Å². The molecule has 0 saturated heterocycles. The van der Waals surface area contributed by atoms with Crippen molar-refractivity contribution in [1.82, 2.24) is 15.1 Å². The highest BCUT2D eigenvalue weighted by Gasteiger charge is 2.19. The third-order valence-electron chi connectivity index (χ3n) is 4.15. The molecule has 0 aliphatic rings. The predicted molar refractivity (Wildman–Crippen MR) is 91.3 cm³/mol. The minimum atomic E-state index is 0. The maximum atomic E-state index is 4.68. The second-order valence-electron chi connectivity index (χ2n) is 6.45. The summed E-state index contributed by atoms with van der Waals surface area (Å²) < 4.78 is 1.86. The molecule has 3 rings (SSSR count). The second-order valence-corrected chi connectivity index (χ2v) is 6.45. The molecule has 0 fully saturated rings.